The molecule has 0 saturated heterocycles. The smallest absolute Gasteiger partial charge is 0.0660 e. The van der Waals surface area contributed by atoms with Gasteiger partial charge >= 0.3 is 0 Å². The van der Waals surface area contributed by atoms with Crippen molar-refractivity contribution in [3.8, 4) is 0 Å². The number of aromatic nitrogens is 2. The third-order valence-corrected chi connectivity index (χ3v) is 3.83. The van der Waals surface area contributed by atoms with Crippen molar-refractivity contribution >= 4 is 0 Å². The Morgan fingerprint density at radius 3 is 2.93 bits per heavy atom. The van der Waals surface area contributed by atoms with E-state index < -0.39 is 0 Å². The Balaban J connectivity index is 2.42. The maximum atomic E-state index is 5.73. The van der Waals surface area contributed by atoms with Crippen molar-refractivity contribution in [3.63, 3.8) is 0 Å². The molecule has 0 radical (unpaired) electrons. The zero-order valence-electron chi connectivity index (χ0n) is 9.93. The SMILES string of the molecule is Cc1[nH]nc2c1C(CCN)C(C)(C)CC2. The molecule has 3 N–H and O–H groups in total. The molecule has 1 atom stereocenters. The Labute approximate surface area is 91.4 Å². The Bertz CT molecular complexity index is 352. The third kappa shape index (κ3) is 1.69. The van der Waals surface area contributed by atoms with Crippen LogP contribution in [0, 0.1) is 12.3 Å². The number of hydrogen-bond acceptors (Lipinski definition) is 2. The topological polar surface area (TPSA) is 54.7 Å². The molecule has 2 rings (SSSR count). The number of nitrogens with one attached hydrogen (secondary N) is 1. The van der Waals surface area contributed by atoms with Crippen molar-refractivity contribution in [3.05, 3.63) is 17.0 Å². The van der Waals surface area contributed by atoms with Crippen molar-refractivity contribution in [2.45, 2.75) is 46.0 Å². The van der Waals surface area contributed by atoms with Crippen LogP contribution in [0.2, 0.25) is 0 Å². The molecule has 0 aliphatic heterocycles. The average Bonchev–Trinajstić information content (AvgIpc) is 2.53. The van der Waals surface area contributed by atoms with Crippen LogP contribution < -0.4 is 5.73 Å². The van der Waals surface area contributed by atoms with Gasteiger partial charge in [0.1, 0.15) is 0 Å². The molecule has 0 spiro atoms. The quantitative estimate of drug-likeness (QED) is 0.780. The summed E-state index contributed by atoms with van der Waals surface area (Å²) < 4.78 is 0. The Morgan fingerprint density at radius 1 is 1.53 bits per heavy atom. The predicted octanol–water partition coefficient (Wildman–Crippen LogP) is 2.12. The fourth-order valence-electron chi connectivity index (χ4n) is 2.85. The summed E-state index contributed by atoms with van der Waals surface area (Å²) in [5.41, 5.74) is 10.0. The van der Waals surface area contributed by atoms with E-state index in [1.807, 2.05) is 0 Å². The summed E-state index contributed by atoms with van der Waals surface area (Å²) in [7, 11) is 0. The number of H-pyrrole nitrogens is 1. The van der Waals surface area contributed by atoms with E-state index in [1.54, 1.807) is 0 Å². The maximum absolute atomic E-state index is 5.73. The molecule has 0 saturated carbocycles. The molecule has 1 aliphatic carbocycles. The molecule has 84 valence electrons. The standard InChI is InChI=1S/C12H21N3/c1-8-11-9(5-7-13)12(2,3)6-4-10(11)15-14-8/h9H,4-7,13H2,1-3H3,(H,14,15). The lowest BCUT2D eigenvalue weighted by molar-refractivity contribution is 0.234. The number of hydrogen-bond donors (Lipinski definition) is 2. The lowest BCUT2D eigenvalue weighted by Gasteiger charge is -2.38. The zero-order valence-corrected chi connectivity index (χ0v) is 9.93. The first-order valence-corrected chi connectivity index (χ1v) is 5.80. The van der Waals surface area contributed by atoms with Gasteiger partial charge in [-0.2, -0.15) is 5.10 Å². The molecular weight excluding hydrogens is 186 g/mol. The van der Waals surface area contributed by atoms with Gasteiger partial charge in [-0.25, -0.2) is 0 Å². The fourth-order valence-corrected chi connectivity index (χ4v) is 2.85. The Morgan fingerprint density at radius 2 is 2.27 bits per heavy atom. The summed E-state index contributed by atoms with van der Waals surface area (Å²) in [5.74, 6) is 0.574. The highest BCUT2D eigenvalue weighted by molar-refractivity contribution is 5.33. The Kier molecular flexibility index (Phi) is 2.59. The highest BCUT2D eigenvalue weighted by Crippen LogP contribution is 2.47. The van der Waals surface area contributed by atoms with E-state index in [1.165, 1.54) is 23.4 Å². The molecule has 3 heteroatoms. The first kappa shape index (κ1) is 10.7. The van der Waals surface area contributed by atoms with Crippen LogP contribution >= 0.6 is 0 Å². The van der Waals surface area contributed by atoms with Crippen molar-refractivity contribution in [2.24, 2.45) is 11.1 Å². The second kappa shape index (κ2) is 3.63. The molecule has 1 unspecified atom stereocenters. The molecule has 1 heterocycles. The summed E-state index contributed by atoms with van der Waals surface area (Å²) in [6.45, 7) is 7.58. The molecule has 1 aromatic heterocycles. The molecule has 3 nitrogen and oxygen atoms in total. The van der Waals surface area contributed by atoms with Crippen LogP contribution in [0.5, 0.6) is 0 Å². The van der Waals surface area contributed by atoms with Crippen LogP contribution in [0.25, 0.3) is 0 Å². The van der Waals surface area contributed by atoms with E-state index >= 15 is 0 Å². The number of rotatable bonds is 2. The normalized spacial score (nSPS) is 23.9. The predicted molar refractivity (Wildman–Crippen MR) is 61.8 cm³/mol. The first-order chi connectivity index (χ1) is 7.06. The molecule has 0 bridgehead atoms. The van der Waals surface area contributed by atoms with Gasteiger partial charge in [0.15, 0.2) is 0 Å². The second-order valence-electron chi connectivity index (χ2n) is 5.33. The Hall–Kier alpha value is -0.830. The lowest BCUT2D eigenvalue weighted by atomic mass is 9.66. The number of aromatic amines is 1. The van der Waals surface area contributed by atoms with E-state index in [2.05, 4.69) is 31.0 Å². The minimum atomic E-state index is 0.362. The minimum absolute atomic E-state index is 0.362. The largest absolute Gasteiger partial charge is 0.330 e. The van der Waals surface area contributed by atoms with Crippen molar-refractivity contribution in [2.75, 3.05) is 6.54 Å². The summed E-state index contributed by atoms with van der Waals surface area (Å²) in [6, 6.07) is 0. The maximum Gasteiger partial charge on any atom is 0.0660 e. The number of fused-ring (bicyclic) bond motifs is 1. The monoisotopic (exact) mass is 207 g/mol. The van der Waals surface area contributed by atoms with Gasteiger partial charge in [-0.3, -0.25) is 5.10 Å². The molecule has 0 fully saturated rings. The van der Waals surface area contributed by atoms with Gasteiger partial charge in [-0.1, -0.05) is 13.8 Å². The highest BCUT2D eigenvalue weighted by atomic mass is 15.1. The molecule has 0 aromatic carbocycles. The number of nitrogens with zero attached hydrogens (tertiary/aromatic N) is 1. The molecule has 0 amide bonds. The second-order valence-corrected chi connectivity index (χ2v) is 5.33. The van der Waals surface area contributed by atoms with Gasteiger partial charge in [-0.15, -0.1) is 0 Å². The van der Waals surface area contributed by atoms with Crippen LogP contribution in [0.4, 0.5) is 0 Å². The molecule has 1 aromatic rings. The van der Waals surface area contributed by atoms with Crippen LogP contribution in [-0.2, 0) is 6.42 Å². The van der Waals surface area contributed by atoms with E-state index in [-0.39, 0.29) is 0 Å². The average molecular weight is 207 g/mol. The summed E-state index contributed by atoms with van der Waals surface area (Å²) in [4.78, 5) is 0. The van der Waals surface area contributed by atoms with E-state index in [4.69, 9.17) is 5.73 Å². The fraction of sp³-hybridized carbons (Fsp3) is 0.750. The van der Waals surface area contributed by atoms with Crippen LogP contribution in [0.15, 0.2) is 0 Å². The van der Waals surface area contributed by atoms with Gasteiger partial charge < -0.3 is 5.73 Å². The van der Waals surface area contributed by atoms with Crippen LogP contribution in [0.1, 0.15) is 49.6 Å². The van der Waals surface area contributed by atoms with E-state index in [0.717, 1.165) is 19.4 Å². The van der Waals surface area contributed by atoms with Gasteiger partial charge in [0.25, 0.3) is 0 Å². The summed E-state index contributed by atoms with van der Waals surface area (Å²) in [5, 5.41) is 7.50. The van der Waals surface area contributed by atoms with Crippen LogP contribution in [0.3, 0.4) is 0 Å². The molecule has 15 heavy (non-hydrogen) atoms. The first-order valence-electron chi connectivity index (χ1n) is 5.80. The number of aryl methyl sites for hydroxylation is 2. The van der Waals surface area contributed by atoms with E-state index in [9.17, 15) is 0 Å². The summed E-state index contributed by atoms with van der Waals surface area (Å²) >= 11 is 0. The van der Waals surface area contributed by atoms with Gasteiger partial charge in [0.2, 0.25) is 0 Å². The highest BCUT2D eigenvalue weighted by Gasteiger charge is 2.37. The van der Waals surface area contributed by atoms with Crippen molar-refractivity contribution in [1.82, 2.24) is 10.2 Å². The third-order valence-electron chi connectivity index (χ3n) is 3.83. The number of nitrogens with two attached hydrogens (primary N) is 1. The molecule has 1 aliphatic rings. The van der Waals surface area contributed by atoms with Gasteiger partial charge in [0, 0.05) is 5.69 Å². The van der Waals surface area contributed by atoms with Gasteiger partial charge in [0.05, 0.1) is 5.69 Å². The van der Waals surface area contributed by atoms with E-state index in [0.29, 0.717) is 11.3 Å². The van der Waals surface area contributed by atoms with Gasteiger partial charge in [-0.05, 0) is 49.6 Å². The lowest BCUT2D eigenvalue weighted by Crippen LogP contribution is -2.30. The summed E-state index contributed by atoms with van der Waals surface area (Å²) in [6.07, 6.45) is 3.39. The van der Waals surface area contributed by atoms with Crippen LogP contribution in [-0.4, -0.2) is 16.7 Å². The van der Waals surface area contributed by atoms with Crippen molar-refractivity contribution in [1.29, 1.82) is 0 Å². The minimum Gasteiger partial charge on any atom is -0.330 e. The molecular formula is C12H21N3. The van der Waals surface area contributed by atoms with Crippen molar-refractivity contribution < 1.29 is 0 Å². The zero-order chi connectivity index (χ0) is 11.1.